The highest BCUT2D eigenvalue weighted by atomic mass is 16.5. The van der Waals surface area contributed by atoms with E-state index < -0.39 is 0 Å². The molecule has 1 heterocycles. The molecule has 0 aliphatic carbocycles. The Morgan fingerprint density at radius 1 is 1.23 bits per heavy atom. The molecule has 1 fully saturated rings. The number of nitrogens with one attached hydrogen (secondary N) is 2. The van der Waals surface area contributed by atoms with Gasteiger partial charge in [-0.1, -0.05) is 32.9 Å². The van der Waals surface area contributed by atoms with Crippen molar-refractivity contribution in [1.29, 1.82) is 0 Å². The van der Waals surface area contributed by atoms with Gasteiger partial charge in [0.25, 0.3) is 0 Å². The normalized spacial score (nSPS) is 14.0. The van der Waals surface area contributed by atoms with Crippen molar-refractivity contribution in [3.63, 3.8) is 0 Å². The minimum Gasteiger partial charge on any atom is -0.490 e. The average molecular weight is 435 g/mol. The van der Waals surface area contributed by atoms with E-state index in [0.717, 1.165) is 38.6 Å². The van der Waals surface area contributed by atoms with Crippen molar-refractivity contribution in [2.45, 2.75) is 65.9 Å². The van der Waals surface area contributed by atoms with Gasteiger partial charge in [0.15, 0.2) is 12.1 Å². The molecule has 1 unspecified atom stereocenters. The van der Waals surface area contributed by atoms with E-state index >= 15 is 0 Å². The first-order valence-electron chi connectivity index (χ1n) is 11.1. The van der Waals surface area contributed by atoms with Crippen molar-refractivity contribution in [2.24, 2.45) is 5.92 Å². The average Bonchev–Trinajstić information content (AvgIpc) is 2.81. The molecule has 1 aliphatic rings. The molecule has 1 aromatic carbocycles. The number of piperidine rings is 1. The summed E-state index contributed by atoms with van der Waals surface area (Å²) in [5.41, 5.74) is 0.792. The summed E-state index contributed by atoms with van der Waals surface area (Å²) in [6.45, 7) is 9.25. The minimum atomic E-state index is -0.137. The molecule has 7 heteroatoms. The fraction of sp³-hybridized carbons (Fsp3) is 0.583. The van der Waals surface area contributed by atoms with Crippen molar-refractivity contribution < 1.29 is 23.9 Å². The largest absolute Gasteiger partial charge is 0.490 e. The monoisotopic (exact) mass is 434 g/mol. The first-order chi connectivity index (χ1) is 15.0. The molecule has 31 heavy (non-hydrogen) atoms. The summed E-state index contributed by atoms with van der Waals surface area (Å²) in [5, 5.41) is 5.83. The fourth-order valence-corrected chi connectivity index (χ4v) is 3.21. The summed E-state index contributed by atoms with van der Waals surface area (Å²) in [6.07, 6.45) is 5.45. The number of benzene rings is 1. The highest BCUT2D eigenvalue weighted by Crippen LogP contribution is 2.25. The molecule has 7 nitrogen and oxygen atoms in total. The maximum atomic E-state index is 11.6. The Bertz CT molecular complexity index is 685. The van der Waals surface area contributed by atoms with E-state index in [2.05, 4.69) is 10.6 Å². The van der Waals surface area contributed by atoms with Crippen LogP contribution in [0, 0.1) is 5.92 Å². The lowest BCUT2D eigenvalue weighted by atomic mass is 10.00. The van der Waals surface area contributed by atoms with Gasteiger partial charge in [-0.15, -0.1) is 0 Å². The summed E-state index contributed by atoms with van der Waals surface area (Å²) in [5.74, 6) is 0.431. The van der Waals surface area contributed by atoms with Gasteiger partial charge < -0.3 is 20.2 Å². The van der Waals surface area contributed by atoms with E-state index in [1.54, 1.807) is 25.2 Å². The number of ether oxygens (including phenoxy) is 1. The van der Waals surface area contributed by atoms with Crippen LogP contribution in [0.5, 0.6) is 5.75 Å². The van der Waals surface area contributed by atoms with Crippen molar-refractivity contribution in [3.8, 4) is 5.75 Å². The van der Waals surface area contributed by atoms with Crippen molar-refractivity contribution in [1.82, 2.24) is 10.6 Å². The zero-order valence-electron chi connectivity index (χ0n) is 19.5. The number of amides is 1. The molecule has 1 saturated heterocycles. The first-order valence-corrected chi connectivity index (χ1v) is 11.1. The second kappa shape index (κ2) is 17.2. The maximum absolute atomic E-state index is 11.6. The number of rotatable bonds is 9. The second-order valence-corrected chi connectivity index (χ2v) is 6.93. The molecule has 0 radical (unpaired) electrons. The number of carbonyl (C=O) groups is 4. The van der Waals surface area contributed by atoms with E-state index in [4.69, 9.17) is 4.74 Å². The van der Waals surface area contributed by atoms with Gasteiger partial charge in [-0.05, 0) is 51.8 Å². The third-order valence-corrected chi connectivity index (χ3v) is 4.86. The van der Waals surface area contributed by atoms with E-state index in [9.17, 15) is 19.2 Å². The van der Waals surface area contributed by atoms with Crippen LogP contribution in [0.15, 0.2) is 18.2 Å². The molecular weight excluding hydrogens is 396 g/mol. The zero-order valence-corrected chi connectivity index (χ0v) is 19.5. The van der Waals surface area contributed by atoms with Crippen LogP contribution in [0.4, 0.5) is 0 Å². The zero-order chi connectivity index (χ0) is 23.6. The SMILES string of the molecule is CC.CC(=O)c1c(C=O)cccc1OC1CCNCC1.CCC(CCC=O)C(=O)NC. The predicted molar refractivity (Wildman–Crippen MR) is 123 cm³/mol. The third-order valence-electron chi connectivity index (χ3n) is 4.86. The Morgan fingerprint density at radius 3 is 2.35 bits per heavy atom. The topological polar surface area (TPSA) is 102 Å². The minimum absolute atomic E-state index is 0.00481. The van der Waals surface area contributed by atoms with Gasteiger partial charge in [0.1, 0.15) is 18.1 Å². The first kappa shape index (κ1) is 28.5. The van der Waals surface area contributed by atoms with Gasteiger partial charge in [-0.3, -0.25) is 14.4 Å². The van der Waals surface area contributed by atoms with Crippen LogP contribution in [0.3, 0.4) is 0 Å². The molecular formula is C24H38N2O5. The Labute approximate surface area is 186 Å². The van der Waals surface area contributed by atoms with Crippen molar-refractivity contribution >= 4 is 24.3 Å². The Kier molecular flexibility index (Phi) is 15.8. The van der Waals surface area contributed by atoms with Crippen LogP contribution in [0.1, 0.15) is 80.5 Å². The summed E-state index contributed by atoms with van der Waals surface area (Å²) >= 11 is 0. The third kappa shape index (κ3) is 10.4. The molecule has 0 saturated carbocycles. The van der Waals surface area contributed by atoms with Gasteiger partial charge in [0, 0.05) is 24.9 Å². The molecule has 0 spiro atoms. The Balaban J connectivity index is 0.000000599. The summed E-state index contributed by atoms with van der Waals surface area (Å²) in [4.78, 5) is 43.6. The Hall–Kier alpha value is -2.54. The quantitative estimate of drug-likeness (QED) is 0.455. The lowest BCUT2D eigenvalue weighted by Gasteiger charge is -2.25. The van der Waals surface area contributed by atoms with Crippen LogP contribution in [0.2, 0.25) is 0 Å². The highest BCUT2D eigenvalue weighted by molar-refractivity contribution is 6.03. The molecule has 1 amide bonds. The summed E-state index contributed by atoms with van der Waals surface area (Å²) < 4.78 is 5.87. The summed E-state index contributed by atoms with van der Waals surface area (Å²) in [7, 11) is 1.62. The molecule has 174 valence electrons. The second-order valence-electron chi connectivity index (χ2n) is 6.93. The van der Waals surface area contributed by atoms with Crippen molar-refractivity contribution in [3.05, 3.63) is 29.3 Å². The van der Waals surface area contributed by atoms with Gasteiger partial charge in [0.05, 0.1) is 5.56 Å². The number of ketones is 1. The smallest absolute Gasteiger partial charge is 0.222 e. The van der Waals surface area contributed by atoms with Gasteiger partial charge in [-0.2, -0.15) is 0 Å². The number of Topliss-reactive ketones (excluding diaryl/α,β-unsaturated/α-hetero) is 1. The predicted octanol–water partition coefficient (Wildman–Crippen LogP) is 3.60. The van der Waals surface area contributed by atoms with Crippen molar-refractivity contribution in [2.75, 3.05) is 20.1 Å². The number of hydrogen-bond acceptors (Lipinski definition) is 6. The van der Waals surface area contributed by atoms with Gasteiger partial charge in [0.2, 0.25) is 5.91 Å². The molecule has 2 N–H and O–H groups in total. The van der Waals surface area contributed by atoms with E-state index in [-0.39, 0.29) is 23.7 Å². The van der Waals surface area contributed by atoms with Gasteiger partial charge in [-0.25, -0.2) is 0 Å². The molecule has 1 aromatic rings. The number of aldehydes is 2. The van der Waals surface area contributed by atoms with Crippen LogP contribution in [-0.4, -0.2) is 50.5 Å². The molecule has 1 aliphatic heterocycles. The molecule has 1 atom stereocenters. The van der Waals surface area contributed by atoms with Crippen LogP contribution in [0.25, 0.3) is 0 Å². The van der Waals surface area contributed by atoms with Crippen LogP contribution >= 0.6 is 0 Å². The van der Waals surface area contributed by atoms with Gasteiger partial charge >= 0.3 is 0 Å². The lowest BCUT2D eigenvalue weighted by Crippen LogP contribution is -2.34. The maximum Gasteiger partial charge on any atom is 0.222 e. The standard InChI is InChI=1S/C14H17NO3.C8H15NO2.C2H6/c1-10(17)14-11(9-16)3-2-4-13(14)18-12-5-7-15-8-6-12;1-3-7(5-4-6-10)8(11)9-2;1-2/h2-4,9,12,15H,5-8H2,1H3;6-7H,3-5H2,1-2H3,(H,9,11);1-2H3. The van der Waals surface area contributed by atoms with Crippen LogP contribution in [-0.2, 0) is 9.59 Å². The molecule has 2 rings (SSSR count). The fourth-order valence-electron chi connectivity index (χ4n) is 3.21. The number of hydrogen-bond donors (Lipinski definition) is 2. The summed E-state index contributed by atoms with van der Waals surface area (Å²) in [6, 6.07) is 5.14. The van der Waals surface area contributed by atoms with E-state index in [1.807, 2.05) is 20.8 Å². The highest BCUT2D eigenvalue weighted by Gasteiger charge is 2.19. The molecule has 0 bridgehead atoms. The Morgan fingerprint density at radius 2 is 1.87 bits per heavy atom. The molecule has 0 aromatic heterocycles. The number of carbonyl (C=O) groups excluding carboxylic acids is 4. The van der Waals surface area contributed by atoms with Crippen LogP contribution < -0.4 is 15.4 Å². The lowest BCUT2D eigenvalue weighted by molar-refractivity contribution is -0.124. The van der Waals surface area contributed by atoms with E-state index in [0.29, 0.717) is 36.0 Å². The van der Waals surface area contributed by atoms with E-state index in [1.165, 1.54) is 6.92 Å².